The van der Waals surface area contributed by atoms with E-state index in [0.29, 0.717) is 36.9 Å². The number of ether oxygens (including phenoxy) is 1. The molecule has 6 nitrogen and oxygen atoms in total. The summed E-state index contributed by atoms with van der Waals surface area (Å²) in [6.45, 7) is 5.61. The molecular formula is C25H34N2O4S. The highest BCUT2D eigenvalue weighted by Crippen LogP contribution is 2.38. The van der Waals surface area contributed by atoms with Crippen molar-refractivity contribution < 1.29 is 17.9 Å². The Morgan fingerprint density at radius 2 is 1.75 bits per heavy atom. The minimum absolute atomic E-state index is 0.208. The van der Waals surface area contributed by atoms with Gasteiger partial charge in [0.1, 0.15) is 6.54 Å². The fourth-order valence-electron chi connectivity index (χ4n) is 5.31. The van der Waals surface area contributed by atoms with Gasteiger partial charge >= 0.3 is 5.97 Å². The molecule has 2 aliphatic rings. The van der Waals surface area contributed by atoms with E-state index in [1.54, 1.807) is 10.4 Å². The first-order valence-corrected chi connectivity index (χ1v) is 13.3. The minimum atomic E-state index is -3.50. The number of sulfonamides is 1. The van der Waals surface area contributed by atoms with Gasteiger partial charge in [0.25, 0.3) is 0 Å². The number of esters is 1. The Balaban J connectivity index is 1.72. The van der Waals surface area contributed by atoms with Crippen LogP contribution in [0.1, 0.15) is 73.9 Å². The number of hydrogen-bond acceptors (Lipinski definition) is 4. The lowest BCUT2D eigenvalue weighted by Gasteiger charge is -2.20. The number of nitrogens with zero attached hydrogens (tertiary/aromatic N) is 2. The SMILES string of the molecule is CCOC(=O)Cn1c(C)cc(Cc2ccccc2S(=O)(=O)N2CCCC2)c1C1CCCC1. The molecule has 1 aliphatic heterocycles. The Labute approximate surface area is 191 Å². The third-order valence-electron chi connectivity index (χ3n) is 6.80. The van der Waals surface area contributed by atoms with Gasteiger partial charge in [-0.15, -0.1) is 0 Å². The molecule has 0 unspecified atom stereocenters. The number of hydrogen-bond donors (Lipinski definition) is 0. The number of carbonyl (C=O) groups is 1. The van der Waals surface area contributed by atoms with E-state index in [4.69, 9.17) is 4.74 Å². The number of aromatic nitrogens is 1. The highest BCUT2D eigenvalue weighted by Gasteiger charge is 2.31. The fourth-order valence-corrected chi connectivity index (χ4v) is 7.05. The van der Waals surface area contributed by atoms with Gasteiger partial charge in [0, 0.05) is 30.9 Å². The second-order valence-corrected chi connectivity index (χ2v) is 10.9. The van der Waals surface area contributed by atoms with Gasteiger partial charge in [-0.2, -0.15) is 4.31 Å². The predicted molar refractivity (Wildman–Crippen MR) is 124 cm³/mol. The standard InChI is InChI=1S/C25H34N2O4S/c1-3-31-24(28)18-27-19(2)16-22(25(27)20-10-4-5-11-20)17-21-12-6-7-13-23(21)32(29,30)26-14-8-9-15-26/h6-7,12-13,16,20H,3-5,8-11,14-15,17-18H2,1-2H3. The summed E-state index contributed by atoms with van der Waals surface area (Å²) in [5.41, 5.74) is 4.16. The first kappa shape index (κ1) is 23.1. The molecule has 0 radical (unpaired) electrons. The van der Waals surface area contributed by atoms with Crippen molar-refractivity contribution in [3.63, 3.8) is 0 Å². The van der Waals surface area contributed by atoms with Crippen molar-refractivity contribution in [1.29, 1.82) is 0 Å². The summed E-state index contributed by atoms with van der Waals surface area (Å²) in [4.78, 5) is 12.7. The molecule has 4 rings (SSSR count). The maximum atomic E-state index is 13.3. The predicted octanol–water partition coefficient (Wildman–Crippen LogP) is 4.39. The Morgan fingerprint density at radius 3 is 2.44 bits per heavy atom. The summed E-state index contributed by atoms with van der Waals surface area (Å²) >= 11 is 0. The van der Waals surface area contributed by atoms with Crippen molar-refractivity contribution in [3.05, 3.63) is 52.8 Å². The molecule has 7 heteroatoms. The molecule has 0 bridgehead atoms. The Bertz CT molecular complexity index is 1060. The van der Waals surface area contributed by atoms with Crippen LogP contribution in [0.5, 0.6) is 0 Å². The maximum absolute atomic E-state index is 13.3. The molecule has 1 saturated carbocycles. The van der Waals surface area contributed by atoms with Crippen molar-refractivity contribution in [3.8, 4) is 0 Å². The highest BCUT2D eigenvalue weighted by molar-refractivity contribution is 7.89. The monoisotopic (exact) mass is 458 g/mol. The lowest BCUT2D eigenvalue weighted by molar-refractivity contribution is -0.143. The molecule has 32 heavy (non-hydrogen) atoms. The van der Waals surface area contributed by atoms with E-state index in [2.05, 4.69) is 10.6 Å². The molecular weight excluding hydrogens is 424 g/mol. The van der Waals surface area contributed by atoms with Gasteiger partial charge in [-0.05, 0) is 68.7 Å². The Morgan fingerprint density at radius 1 is 1.06 bits per heavy atom. The van der Waals surface area contributed by atoms with Gasteiger partial charge in [-0.1, -0.05) is 31.0 Å². The lowest BCUT2D eigenvalue weighted by Crippen LogP contribution is -2.28. The molecule has 174 valence electrons. The zero-order valence-corrected chi connectivity index (χ0v) is 20.0. The molecule has 1 aromatic heterocycles. The van der Waals surface area contributed by atoms with Gasteiger partial charge in [-0.25, -0.2) is 8.42 Å². The summed E-state index contributed by atoms with van der Waals surface area (Å²) in [6, 6.07) is 9.52. The van der Waals surface area contributed by atoms with E-state index in [9.17, 15) is 13.2 Å². The Kier molecular flexibility index (Phi) is 7.05. The largest absolute Gasteiger partial charge is 0.465 e. The zero-order chi connectivity index (χ0) is 22.7. The summed E-state index contributed by atoms with van der Waals surface area (Å²) in [5, 5.41) is 0. The molecule has 2 heterocycles. The Hall–Kier alpha value is -2.12. The number of rotatable bonds is 8. The van der Waals surface area contributed by atoms with Gasteiger partial charge in [-0.3, -0.25) is 4.79 Å². The maximum Gasteiger partial charge on any atom is 0.325 e. The lowest BCUT2D eigenvalue weighted by atomic mass is 9.96. The smallest absolute Gasteiger partial charge is 0.325 e. The van der Waals surface area contributed by atoms with Crippen LogP contribution in [0.2, 0.25) is 0 Å². The molecule has 0 N–H and O–H groups in total. The van der Waals surface area contributed by atoms with Crippen LogP contribution in [0.3, 0.4) is 0 Å². The van der Waals surface area contributed by atoms with E-state index in [-0.39, 0.29) is 12.5 Å². The fraction of sp³-hybridized carbons (Fsp3) is 0.560. The van der Waals surface area contributed by atoms with Crippen LogP contribution >= 0.6 is 0 Å². The van der Waals surface area contributed by atoms with Crippen LogP contribution in [0.4, 0.5) is 0 Å². The van der Waals surface area contributed by atoms with Crippen LogP contribution in [-0.2, 0) is 32.5 Å². The molecule has 1 aliphatic carbocycles. The van der Waals surface area contributed by atoms with E-state index in [0.717, 1.165) is 42.5 Å². The molecule has 0 spiro atoms. The minimum Gasteiger partial charge on any atom is -0.465 e. The zero-order valence-electron chi connectivity index (χ0n) is 19.2. The molecule has 0 amide bonds. The quantitative estimate of drug-likeness (QED) is 0.550. The summed E-state index contributed by atoms with van der Waals surface area (Å²) < 4.78 is 35.6. The van der Waals surface area contributed by atoms with Crippen molar-refractivity contribution in [1.82, 2.24) is 8.87 Å². The van der Waals surface area contributed by atoms with Crippen molar-refractivity contribution in [2.24, 2.45) is 0 Å². The van der Waals surface area contributed by atoms with Crippen LogP contribution in [-0.4, -0.2) is 43.0 Å². The van der Waals surface area contributed by atoms with E-state index < -0.39 is 10.0 Å². The van der Waals surface area contributed by atoms with Crippen molar-refractivity contribution in [2.45, 2.75) is 76.2 Å². The van der Waals surface area contributed by atoms with Gasteiger partial charge in [0.15, 0.2) is 0 Å². The topological polar surface area (TPSA) is 68.6 Å². The van der Waals surface area contributed by atoms with Crippen LogP contribution in [0, 0.1) is 6.92 Å². The van der Waals surface area contributed by atoms with E-state index in [1.165, 1.54) is 18.5 Å². The van der Waals surface area contributed by atoms with Gasteiger partial charge in [0.2, 0.25) is 10.0 Å². The molecule has 1 saturated heterocycles. The first-order chi connectivity index (χ1) is 15.4. The summed E-state index contributed by atoms with van der Waals surface area (Å²) in [6.07, 6.45) is 6.97. The molecule has 1 aromatic carbocycles. The normalized spacial score (nSPS) is 17.8. The molecule has 0 atom stereocenters. The van der Waals surface area contributed by atoms with E-state index >= 15 is 0 Å². The van der Waals surface area contributed by atoms with Crippen molar-refractivity contribution >= 4 is 16.0 Å². The first-order valence-electron chi connectivity index (χ1n) is 11.8. The summed E-state index contributed by atoms with van der Waals surface area (Å²) in [7, 11) is -3.50. The van der Waals surface area contributed by atoms with E-state index in [1.807, 2.05) is 32.0 Å². The van der Waals surface area contributed by atoms with Crippen LogP contribution in [0.15, 0.2) is 35.2 Å². The third kappa shape index (κ3) is 4.64. The second-order valence-electron chi connectivity index (χ2n) is 8.96. The van der Waals surface area contributed by atoms with Crippen molar-refractivity contribution in [2.75, 3.05) is 19.7 Å². The average Bonchev–Trinajstić information content (AvgIpc) is 3.52. The van der Waals surface area contributed by atoms with Gasteiger partial charge in [0.05, 0.1) is 11.5 Å². The van der Waals surface area contributed by atoms with Gasteiger partial charge < -0.3 is 9.30 Å². The molecule has 2 aromatic rings. The summed E-state index contributed by atoms with van der Waals surface area (Å²) in [5.74, 6) is 0.171. The number of aryl methyl sites for hydroxylation is 1. The third-order valence-corrected chi connectivity index (χ3v) is 8.80. The highest BCUT2D eigenvalue weighted by atomic mass is 32.2. The average molecular weight is 459 g/mol. The van der Waals surface area contributed by atoms with Crippen LogP contribution in [0.25, 0.3) is 0 Å². The number of carbonyl (C=O) groups excluding carboxylic acids is 1. The van der Waals surface area contributed by atoms with Crippen LogP contribution < -0.4 is 0 Å². The molecule has 2 fully saturated rings. The second kappa shape index (κ2) is 9.79. The number of benzene rings is 1.